The minimum absolute atomic E-state index is 0.121. The molecule has 0 aliphatic rings. The number of carbonyl (C=O) groups is 2. The van der Waals surface area contributed by atoms with Crippen molar-refractivity contribution in [2.45, 2.75) is 19.4 Å². The van der Waals surface area contributed by atoms with Gasteiger partial charge in [0.05, 0.1) is 6.04 Å². The van der Waals surface area contributed by atoms with Gasteiger partial charge in [-0.2, -0.15) is 0 Å². The summed E-state index contributed by atoms with van der Waals surface area (Å²) in [6.07, 6.45) is 0.584. The molecule has 17 heavy (non-hydrogen) atoms. The van der Waals surface area contributed by atoms with Gasteiger partial charge in [0.1, 0.15) is 0 Å². The summed E-state index contributed by atoms with van der Waals surface area (Å²) in [5, 5.41) is 9.94. The monoisotopic (exact) mass is 238 g/mol. The number of nitrogens with one attached hydrogen (secondary N) is 1. The van der Waals surface area contributed by atoms with Crippen LogP contribution in [0.1, 0.15) is 12.5 Å². The quantitative estimate of drug-likeness (QED) is 0.710. The maximum Gasteiger partial charge on any atom is 0.300 e. The largest absolute Gasteiger partial charge is 0.481 e. The minimum Gasteiger partial charge on any atom is -0.481 e. The average molecular weight is 238 g/mol. The molecule has 0 aliphatic carbocycles. The Kier molecular flexibility index (Phi) is 7.38. The van der Waals surface area contributed by atoms with E-state index in [2.05, 4.69) is 5.32 Å². The van der Waals surface area contributed by atoms with Crippen molar-refractivity contribution in [3.63, 3.8) is 0 Å². The maximum atomic E-state index is 11.1. The SMILES string of the molecule is CC(=O)O.CNC(=O)[C@@H](N)Cc1ccccc1. The summed E-state index contributed by atoms with van der Waals surface area (Å²) in [6, 6.07) is 9.28. The number of carbonyl (C=O) groups excluding carboxylic acids is 1. The first-order chi connectivity index (χ1) is 7.97. The van der Waals surface area contributed by atoms with Crippen LogP contribution in [0.2, 0.25) is 0 Å². The lowest BCUT2D eigenvalue weighted by Crippen LogP contribution is -2.40. The highest BCUT2D eigenvalue weighted by Crippen LogP contribution is 2.01. The van der Waals surface area contributed by atoms with Crippen LogP contribution in [0.25, 0.3) is 0 Å². The van der Waals surface area contributed by atoms with Crippen molar-refractivity contribution in [1.29, 1.82) is 0 Å². The fourth-order valence-electron chi connectivity index (χ4n) is 1.15. The molecule has 1 aromatic carbocycles. The van der Waals surface area contributed by atoms with E-state index in [0.717, 1.165) is 12.5 Å². The number of hydrogen-bond donors (Lipinski definition) is 3. The van der Waals surface area contributed by atoms with E-state index in [1.807, 2.05) is 30.3 Å². The van der Waals surface area contributed by atoms with Crippen LogP contribution in [0.15, 0.2) is 30.3 Å². The van der Waals surface area contributed by atoms with Gasteiger partial charge in [-0.25, -0.2) is 0 Å². The molecule has 0 aliphatic heterocycles. The average Bonchev–Trinajstić information content (AvgIpc) is 2.28. The number of amides is 1. The van der Waals surface area contributed by atoms with Gasteiger partial charge in [-0.1, -0.05) is 30.3 Å². The van der Waals surface area contributed by atoms with Gasteiger partial charge in [0, 0.05) is 14.0 Å². The summed E-state index contributed by atoms with van der Waals surface area (Å²) >= 11 is 0. The Hall–Kier alpha value is -1.88. The number of aliphatic carboxylic acids is 1. The van der Waals surface area contributed by atoms with Crippen LogP contribution >= 0.6 is 0 Å². The van der Waals surface area contributed by atoms with Gasteiger partial charge < -0.3 is 16.2 Å². The maximum absolute atomic E-state index is 11.1. The molecule has 0 aromatic heterocycles. The fraction of sp³-hybridized carbons (Fsp3) is 0.333. The van der Waals surface area contributed by atoms with E-state index in [0.29, 0.717) is 6.42 Å². The van der Waals surface area contributed by atoms with Gasteiger partial charge in [-0.05, 0) is 12.0 Å². The number of carboxylic acid groups (broad SMARTS) is 1. The molecule has 5 nitrogen and oxygen atoms in total. The summed E-state index contributed by atoms with van der Waals surface area (Å²) in [7, 11) is 1.59. The zero-order valence-electron chi connectivity index (χ0n) is 10.0. The molecule has 0 spiro atoms. The van der Waals surface area contributed by atoms with Crippen LogP contribution in [0.5, 0.6) is 0 Å². The number of likely N-dealkylation sites (N-methyl/N-ethyl adjacent to an activating group) is 1. The second-order valence-electron chi connectivity index (χ2n) is 3.43. The summed E-state index contributed by atoms with van der Waals surface area (Å²) in [5.74, 6) is -0.955. The Balaban J connectivity index is 0.000000557. The molecule has 1 aromatic rings. The Morgan fingerprint density at radius 2 is 1.82 bits per heavy atom. The predicted octanol–water partition coefficient (Wildman–Crippen LogP) is 0.393. The van der Waals surface area contributed by atoms with Crippen molar-refractivity contribution in [2.24, 2.45) is 5.73 Å². The third-order valence-corrected chi connectivity index (χ3v) is 1.88. The van der Waals surface area contributed by atoms with Gasteiger partial charge in [-0.15, -0.1) is 0 Å². The molecule has 0 heterocycles. The first-order valence-electron chi connectivity index (χ1n) is 5.18. The topological polar surface area (TPSA) is 92.4 Å². The minimum atomic E-state index is -0.833. The third kappa shape index (κ3) is 7.98. The molecule has 1 atom stereocenters. The Labute approximate surface area is 101 Å². The lowest BCUT2D eigenvalue weighted by atomic mass is 10.1. The first-order valence-corrected chi connectivity index (χ1v) is 5.18. The number of rotatable bonds is 3. The molecule has 0 unspecified atom stereocenters. The third-order valence-electron chi connectivity index (χ3n) is 1.88. The second kappa shape index (κ2) is 8.29. The summed E-state index contributed by atoms with van der Waals surface area (Å²) < 4.78 is 0. The molecule has 0 saturated carbocycles. The van der Waals surface area contributed by atoms with E-state index < -0.39 is 12.0 Å². The molecule has 1 amide bonds. The highest BCUT2D eigenvalue weighted by Gasteiger charge is 2.11. The molecule has 0 fully saturated rings. The van der Waals surface area contributed by atoms with Crippen LogP contribution in [-0.4, -0.2) is 30.1 Å². The van der Waals surface area contributed by atoms with Crippen LogP contribution in [0.3, 0.4) is 0 Å². The van der Waals surface area contributed by atoms with Crippen molar-refractivity contribution in [1.82, 2.24) is 5.32 Å². The molecule has 94 valence electrons. The molecule has 5 heteroatoms. The van der Waals surface area contributed by atoms with Crippen molar-refractivity contribution in [2.75, 3.05) is 7.05 Å². The number of hydrogen-bond acceptors (Lipinski definition) is 3. The first kappa shape index (κ1) is 15.1. The van der Waals surface area contributed by atoms with Crippen LogP contribution in [0, 0.1) is 0 Å². The zero-order valence-corrected chi connectivity index (χ0v) is 10.0. The molecule has 0 radical (unpaired) electrons. The normalized spacial score (nSPS) is 10.8. The number of benzene rings is 1. The molecule has 4 N–H and O–H groups in total. The van der Waals surface area contributed by atoms with Crippen molar-refractivity contribution in [3.8, 4) is 0 Å². The second-order valence-corrected chi connectivity index (χ2v) is 3.43. The van der Waals surface area contributed by atoms with Gasteiger partial charge in [0.2, 0.25) is 5.91 Å². The van der Waals surface area contributed by atoms with Gasteiger partial charge >= 0.3 is 0 Å². The van der Waals surface area contributed by atoms with E-state index in [1.165, 1.54) is 0 Å². The number of nitrogens with two attached hydrogens (primary N) is 1. The highest BCUT2D eigenvalue weighted by atomic mass is 16.4. The Bertz CT molecular complexity index is 348. The number of carboxylic acids is 1. The fourth-order valence-corrected chi connectivity index (χ4v) is 1.15. The van der Waals surface area contributed by atoms with E-state index >= 15 is 0 Å². The van der Waals surface area contributed by atoms with Crippen LogP contribution < -0.4 is 11.1 Å². The standard InChI is InChI=1S/C10H14N2O.C2H4O2/c1-12-10(13)9(11)7-8-5-3-2-4-6-8;1-2(3)4/h2-6,9H,7,11H2,1H3,(H,12,13);1H3,(H,3,4)/t9-;/m0./s1. The molecule has 0 bridgehead atoms. The van der Waals surface area contributed by atoms with E-state index in [4.69, 9.17) is 15.6 Å². The smallest absolute Gasteiger partial charge is 0.300 e. The summed E-state index contributed by atoms with van der Waals surface area (Å²) in [5.41, 5.74) is 6.73. The predicted molar refractivity (Wildman–Crippen MR) is 65.5 cm³/mol. The lowest BCUT2D eigenvalue weighted by Gasteiger charge is -2.09. The molecule has 0 saturated heterocycles. The van der Waals surface area contributed by atoms with Gasteiger partial charge in [0.15, 0.2) is 0 Å². The van der Waals surface area contributed by atoms with Gasteiger partial charge in [0.25, 0.3) is 5.97 Å². The Morgan fingerprint density at radius 1 is 1.35 bits per heavy atom. The van der Waals surface area contributed by atoms with Crippen molar-refractivity contribution >= 4 is 11.9 Å². The van der Waals surface area contributed by atoms with E-state index in [-0.39, 0.29) is 5.91 Å². The molecular formula is C12H18N2O3. The summed E-state index contributed by atoms with van der Waals surface area (Å²) in [6.45, 7) is 1.08. The zero-order chi connectivity index (χ0) is 13.3. The Morgan fingerprint density at radius 3 is 2.24 bits per heavy atom. The molecular weight excluding hydrogens is 220 g/mol. The summed E-state index contributed by atoms with van der Waals surface area (Å²) in [4.78, 5) is 20.1. The van der Waals surface area contributed by atoms with Crippen molar-refractivity contribution in [3.05, 3.63) is 35.9 Å². The van der Waals surface area contributed by atoms with Crippen molar-refractivity contribution < 1.29 is 14.7 Å². The lowest BCUT2D eigenvalue weighted by molar-refractivity contribution is -0.134. The van der Waals surface area contributed by atoms with Crippen LogP contribution in [0.4, 0.5) is 0 Å². The molecule has 1 rings (SSSR count). The highest BCUT2D eigenvalue weighted by molar-refractivity contribution is 5.81. The van der Waals surface area contributed by atoms with E-state index in [9.17, 15) is 4.79 Å². The van der Waals surface area contributed by atoms with E-state index in [1.54, 1.807) is 7.05 Å². The van der Waals surface area contributed by atoms with Gasteiger partial charge in [-0.3, -0.25) is 9.59 Å². The van der Waals surface area contributed by atoms with Crippen LogP contribution in [-0.2, 0) is 16.0 Å².